The predicted octanol–water partition coefficient (Wildman–Crippen LogP) is 1.24. The Kier molecular flexibility index (Phi) is 2.70. The summed E-state index contributed by atoms with van der Waals surface area (Å²) in [5.41, 5.74) is 1.02. The molecule has 17 heavy (non-hydrogen) atoms. The van der Waals surface area contributed by atoms with Crippen LogP contribution in [0.2, 0.25) is 5.54 Å². The molecule has 3 nitrogen and oxygen atoms in total. The van der Waals surface area contributed by atoms with Crippen molar-refractivity contribution in [2.24, 2.45) is 0 Å². The minimum Gasteiger partial charge on any atom is -0.269 e. The van der Waals surface area contributed by atoms with E-state index in [2.05, 4.69) is 6.92 Å². The highest BCUT2D eigenvalue weighted by molar-refractivity contribution is 6.22. The molecule has 0 spiro atoms. The van der Waals surface area contributed by atoms with Gasteiger partial charge in [-0.3, -0.25) is 14.5 Å². The SMILES string of the molecule is CC([SiH3])C(C)(C)N1C(=O)c2ccccc2C1=O. The van der Waals surface area contributed by atoms with E-state index in [4.69, 9.17) is 0 Å². The number of benzene rings is 1. The molecule has 90 valence electrons. The maximum atomic E-state index is 12.3. The first-order chi connectivity index (χ1) is 7.87. The van der Waals surface area contributed by atoms with Gasteiger partial charge in [0, 0.05) is 15.8 Å². The summed E-state index contributed by atoms with van der Waals surface area (Å²) in [6, 6.07) is 7.04. The Labute approximate surface area is 104 Å². The van der Waals surface area contributed by atoms with Crippen LogP contribution in [0.15, 0.2) is 24.3 Å². The summed E-state index contributed by atoms with van der Waals surface area (Å²) in [5.74, 6) is -0.309. The van der Waals surface area contributed by atoms with Crippen LogP contribution in [0.25, 0.3) is 0 Å². The van der Waals surface area contributed by atoms with E-state index in [1.807, 2.05) is 13.8 Å². The summed E-state index contributed by atoms with van der Waals surface area (Å²) in [6.45, 7) is 6.01. The molecule has 2 amide bonds. The summed E-state index contributed by atoms with van der Waals surface area (Å²) >= 11 is 0. The number of rotatable bonds is 2. The number of amides is 2. The molecule has 0 saturated heterocycles. The fourth-order valence-electron chi connectivity index (χ4n) is 1.97. The largest absolute Gasteiger partial charge is 0.269 e. The zero-order valence-electron chi connectivity index (χ0n) is 10.7. The van der Waals surface area contributed by atoms with Crippen LogP contribution in [0.1, 0.15) is 41.5 Å². The molecular weight excluding hydrogens is 230 g/mol. The maximum Gasteiger partial charge on any atom is 0.262 e. The van der Waals surface area contributed by atoms with Gasteiger partial charge in [-0.15, -0.1) is 0 Å². The van der Waals surface area contributed by atoms with Crippen molar-refractivity contribution in [3.8, 4) is 0 Å². The van der Waals surface area contributed by atoms with Crippen molar-refractivity contribution in [3.05, 3.63) is 35.4 Å². The first-order valence-corrected chi connectivity index (χ1v) is 7.00. The maximum absolute atomic E-state index is 12.3. The molecule has 0 fully saturated rings. The van der Waals surface area contributed by atoms with E-state index in [9.17, 15) is 9.59 Å². The van der Waals surface area contributed by atoms with Gasteiger partial charge in [-0.05, 0) is 31.5 Å². The van der Waals surface area contributed by atoms with Crippen molar-refractivity contribution in [3.63, 3.8) is 0 Å². The van der Waals surface area contributed by atoms with Gasteiger partial charge in [0.25, 0.3) is 11.8 Å². The Hall–Kier alpha value is -1.42. The molecule has 0 radical (unpaired) electrons. The minimum absolute atomic E-state index is 0.154. The van der Waals surface area contributed by atoms with E-state index in [-0.39, 0.29) is 11.8 Å². The molecule has 4 heteroatoms. The molecule has 1 atom stereocenters. The average molecular weight is 247 g/mol. The quantitative estimate of drug-likeness (QED) is 0.582. The van der Waals surface area contributed by atoms with E-state index in [0.29, 0.717) is 16.7 Å². The molecule has 1 aromatic rings. The van der Waals surface area contributed by atoms with Gasteiger partial charge in [0.15, 0.2) is 0 Å². The second-order valence-corrected chi connectivity index (χ2v) is 7.03. The lowest BCUT2D eigenvalue weighted by Crippen LogP contribution is -2.49. The van der Waals surface area contributed by atoms with Crippen LogP contribution in [-0.4, -0.2) is 32.5 Å². The number of hydrogen-bond acceptors (Lipinski definition) is 2. The topological polar surface area (TPSA) is 37.4 Å². The van der Waals surface area contributed by atoms with Gasteiger partial charge < -0.3 is 0 Å². The highest BCUT2D eigenvalue weighted by atomic mass is 28.1. The smallest absolute Gasteiger partial charge is 0.262 e. The molecule has 1 aromatic carbocycles. The predicted molar refractivity (Wildman–Crippen MR) is 70.4 cm³/mol. The third kappa shape index (κ3) is 1.63. The van der Waals surface area contributed by atoms with Gasteiger partial charge in [0.1, 0.15) is 0 Å². The van der Waals surface area contributed by atoms with Crippen LogP contribution in [0, 0.1) is 0 Å². The van der Waals surface area contributed by atoms with E-state index in [0.717, 1.165) is 10.2 Å². The second kappa shape index (κ2) is 3.80. The van der Waals surface area contributed by atoms with Crippen LogP contribution in [0.3, 0.4) is 0 Å². The molecule has 1 unspecified atom stereocenters. The van der Waals surface area contributed by atoms with E-state index in [1.165, 1.54) is 4.90 Å². The van der Waals surface area contributed by atoms with Crippen molar-refractivity contribution in [2.75, 3.05) is 0 Å². The Balaban J connectivity index is 2.50. The number of imide groups is 1. The fraction of sp³-hybridized carbons (Fsp3) is 0.385. The molecular formula is C13H17NO2Si. The molecule has 1 heterocycles. The van der Waals surface area contributed by atoms with Crippen LogP contribution in [0.5, 0.6) is 0 Å². The fourth-order valence-corrected chi connectivity index (χ4v) is 2.23. The highest BCUT2D eigenvalue weighted by Crippen LogP contribution is 2.34. The van der Waals surface area contributed by atoms with Crippen LogP contribution >= 0.6 is 0 Å². The van der Waals surface area contributed by atoms with Gasteiger partial charge in [-0.25, -0.2) is 0 Å². The monoisotopic (exact) mass is 247 g/mol. The molecule has 2 rings (SSSR count). The van der Waals surface area contributed by atoms with Gasteiger partial charge in [-0.1, -0.05) is 19.1 Å². The zero-order valence-corrected chi connectivity index (χ0v) is 12.7. The van der Waals surface area contributed by atoms with Crippen molar-refractivity contribution in [1.82, 2.24) is 4.90 Å². The summed E-state index contributed by atoms with van der Waals surface area (Å²) in [6.07, 6.45) is 0. The number of fused-ring (bicyclic) bond motifs is 1. The van der Waals surface area contributed by atoms with Crippen LogP contribution in [-0.2, 0) is 0 Å². The molecule has 0 N–H and O–H groups in total. The first-order valence-electron chi connectivity index (χ1n) is 5.85. The van der Waals surface area contributed by atoms with Crippen LogP contribution in [0.4, 0.5) is 0 Å². The Morgan fingerprint density at radius 1 is 1.12 bits per heavy atom. The normalized spacial score (nSPS) is 17.5. The summed E-state index contributed by atoms with van der Waals surface area (Å²) in [5, 5.41) is 0. The molecule has 0 bridgehead atoms. The second-order valence-electron chi connectivity index (χ2n) is 5.30. The van der Waals surface area contributed by atoms with Crippen molar-refractivity contribution < 1.29 is 9.59 Å². The van der Waals surface area contributed by atoms with E-state index < -0.39 is 5.54 Å². The van der Waals surface area contributed by atoms with Crippen molar-refractivity contribution in [2.45, 2.75) is 31.9 Å². The van der Waals surface area contributed by atoms with Gasteiger partial charge in [0.05, 0.1) is 11.1 Å². The Morgan fingerprint density at radius 3 is 1.88 bits per heavy atom. The third-order valence-corrected chi connectivity index (χ3v) is 5.20. The van der Waals surface area contributed by atoms with E-state index in [1.54, 1.807) is 24.3 Å². The number of nitrogens with zero attached hydrogens (tertiary/aromatic N) is 1. The number of carbonyl (C=O) groups excluding carboxylic acids is 2. The van der Waals surface area contributed by atoms with Crippen molar-refractivity contribution in [1.29, 1.82) is 0 Å². The highest BCUT2D eigenvalue weighted by Gasteiger charge is 2.44. The summed E-state index contributed by atoms with van der Waals surface area (Å²) in [4.78, 5) is 26.0. The van der Waals surface area contributed by atoms with E-state index >= 15 is 0 Å². The van der Waals surface area contributed by atoms with Gasteiger partial charge >= 0.3 is 0 Å². The van der Waals surface area contributed by atoms with Gasteiger partial charge in [0.2, 0.25) is 0 Å². The average Bonchev–Trinajstić information content (AvgIpc) is 2.52. The zero-order chi connectivity index (χ0) is 12.8. The summed E-state index contributed by atoms with van der Waals surface area (Å²) < 4.78 is 0. The number of carbonyl (C=O) groups is 2. The minimum atomic E-state index is -0.403. The standard InChI is InChI=1S/C13H17NO2Si/c1-8(17)13(2,3)14-11(15)9-6-4-5-7-10(9)12(14)16/h4-8H,1-3,17H3. The lowest BCUT2D eigenvalue weighted by molar-refractivity contribution is 0.0475. The lowest BCUT2D eigenvalue weighted by atomic mass is 9.98. The Bertz CT molecular complexity index is 459. The number of hydrogen-bond donors (Lipinski definition) is 0. The van der Waals surface area contributed by atoms with Crippen molar-refractivity contribution >= 4 is 22.1 Å². The lowest BCUT2D eigenvalue weighted by Gasteiger charge is -2.37. The summed E-state index contributed by atoms with van der Waals surface area (Å²) in [7, 11) is 0.949. The first kappa shape index (κ1) is 12.0. The van der Waals surface area contributed by atoms with Crippen LogP contribution < -0.4 is 0 Å². The molecule has 0 aliphatic carbocycles. The molecule has 0 aromatic heterocycles. The third-order valence-electron chi connectivity index (χ3n) is 3.78. The molecule has 1 aliphatic heterocycles. The Morgan fingerprint density at radius 2 is 1.53 bits per heavy atom. The molecule has 1 aliphatic rings. The van der Waals surface area contributed by atoms with Gasteiger partial charge in [-0.2, -0.15) is 0 Å². The molecule has 0 saturated carbocycles.